The summed E-state index contributed by atoms with van der Waals surface area (Å²) in [6.45, 7) is 5.55. The van der Waals surface area contributed by atoms with E-state index in [2.05, 4.69) is 12.2 Å². The Bertz CT molecular complexity index is 207. The van der Waals surface area contributed by atoms with Gasteiger partial charge in [-0.2, -0.15) is 0 Å². The van der Waals surface area contributed by atoms with Crippen LogP contribution in [0, 0.1) is 0 Å². The summed E-state index contributed by atoms with van der Waals surface area (Å²) in [5.41, 5.74) is 0. The Morgan fingerprint density at radius 3 is 2.47 bits per heavy atom. The van der Waals surface area contributed by atoms with Gasteiger partial charge in [0.05, 0.1) is 6.42 Å². The molecule has 0 aliphatic heterocycles. The first-order valence-corrected chi connectivity index (χ1v) is 5.36. The molecule has 0 aromatic carbocycles. The minimum absolute atomic E-state index is 0.0307. The van der Waals surface area contributed by atoms with E-state index in [0.717, 1.165) is 19.4 Å². The van der Waals surface area contributed by atoms with Crippen molar-refractivity contribution in [1.29, 1.82) is 0 Å². The number of amides is 2. The molecule has 0 heterocycles. The molecule has 0 atom stereocenters. The summed E-state index contributed by atoms with van der Waals surface area (Å²) in [4.78, 5) is 23.4. The van der Waals surface area contributed by atoms with Crippen molar-refractivity contribution in [2.24, 2.45) is 0 Å². The number of carboxylic acid groups (broad SMARTS) is 1. The second-order valence-electron chi connectivity index (χ2n) is 3.31. The number of nitrogens with zero attached hydrogens (tertiary/aromatic N) is 1. The molecule has 15 heavy (non-hydrogen) atoms. The third kappa shape index (κ3) is 6.76. The highest BCUT2D eigenvalue weighted by Gasteiger charge is 2.09. The molecule has 0 bridgehead atoms. The van der Waals surface area contributed by atoms with Crippen molar-refractivity contribution < 1.29 is 14.7 Å². The third-order valence-electron chi connectivity index (χ3n) is 2.07. The van der Waals surface area contributed by atoms with Crippen LogP contribution in [0.4, 0.5) is 4.79 Å². The summed E-state index contributed by atoms with van der Waals surface area (Å²) >= 11 is 0. The topological polar surface area (TPSA) is 69.6 Å². The maximum Gasteiger partial charge on any atom is 0.317 e. The minimum Gasteiger partial charge on any atom is -0.481 e. The number of carboxylic acids is 1. The lowest BCUT2D eigenvalue weighted by Crippen LogP contribution is -2.41. The molecule has 0 radical (unpaired) electrons. The van der Waals surface area contributed by atoms with Crippen LogP contribution in [-0.2, 0) is 4.79 Å². The largest absolute Gasteiger partial charge is 0.481 e. The zero-order valence-electron chi connectivity index (χ0n) is 9.45. The molecule has 5 nitrogen and oxygen atoms in total. The summed E-state index contributed by atoms with van der Waals surface area (Å²) in [7, 11) is 0. The van der Waals surface area contributed by atoms with Crippen LogP contribution in [0.15, 0.2) is 0 Å². The molecule has 2 N–H and O–H groups in total. The highest BCUT2D eigenvalue weighted by Crippen LogP contribution is 1.95. The molecule has 0 aliphatic rings. The Morgan fingerprint density at radius 1 is 1.33 bits per heavy atom. The van der Waals surface area contributed by atoms with Gasteiger partial charge in [0.25, 0.3) is 0 Å². The summed E-state index contributed by atoms with van der Waals surface area (Å²) in [6, 6.07) is -0.174. The van der Waals surface area contributed by atoms with E-state index in [9.17, 15) is 9.59 Å². The maximum absolute atomic E-state index is 11.5. The van der Waals surface area contributed by atoms with Crippen LogP contribution in [0.2, 0.25) is 0 Å². The number of aliphatic carboxylic acids is 1. The van der Waals surface area contributed by atoms with Crippen LogP contribution >= 0.6 is 0 Å². The molecule has 0 rings (SSSR count). The van der Waals surface area contributed by atoms with E-state index in [1.54, 1.807) is 4.90 Å². The molecule has 0 saturated heterocycles. The SMILES string of the molecule is CCCCN(CC)C(=O)NCCC(=O)O. The van der Waals surface area contributed by atoms with E-state index in [1.165, 1.54) is 0 Å². The number of rotatable bonds is 7. The van der Waals surface area contributed by atoms with Crippen LogP contribution in [0.5, 0.6) is 0 Å². The molecule has 0 spiro atoms. The minimum atomic E-state index is -0.896. The van der Waals surface area contributed by atoms with Gasteiger partial charge in [0, 0.05) is 19.6 Å². The van der Waals surface area contributed by atoms with E-state index in [0.29, 0.717) is 6.54 Å². The summed E-state index contributed by atoms with van der Waals surface area (Å²) in [5, 5.41) is 11.0. The normalized spacial score (nSPS) is 9.73. The van der Waals surface area contributed by atoms with Crippen LogP contribution < -0.4 is 5.32 Å². The number of urea groups is 1. The van der Waals surface area contributed by atoms with E-state index in [-0.39, 0.29) is 19.0 Å². The number of hydrogen-bond donors (Lipinski definition) is 2. The van der Waals surface area contributed by atoms with Crippen LogP contribution in [-0.4, -0.2) is 41.6 Å². The Morgan fingerprint density at radius 2 is 2.00 bits per heavy atom. The highest BCUT2D eigenvalue weighted by atomic mass is 16.4. The van der Waals surface area contributed by atoms with Crippen LogP contribution in [0.25, 0.3) is 0 Å². The average Bonchev–Trinajstić information content (AvgIpc) is 2.18. The van der Waals surface area contributed by atoms with Gasteiger partial charge in [0.2, 0.25) is 0 Å². The van der Waals surface area contributed by atoms with Crippen molar-refractivity contribution in [2.45, 2.75) is 33.1 Å². The zero-order valence-corrected chi connectivity index (χ0v) is 9.45. The lowest BCUT2D eigenvalue weighted by molar-refractivity contribution is -0.136. The molecular formula is C10H20N2O3. The van der Waals surface area contributed by atoms with Crippen LogP contribution in [0.3, 0.4) is 0 Å². The van der Waals surface area contributed by atoms with E-state index in [4.69, 9.17) is 5.11 Å². The Balaban J connectivity index is 3.77. The van der Waals surface area contributed by atoms with Gasteiger partial charge >= 0.3 is 12.0 Å². The lowest BCUT2D eigenvalue weighted by Gasteiger charge is -2.20. The molecular weight excluding hydrogens is 196 g/mol. The smallest absolute Gasteiger partial charge is 0.317 e. The number of unbranched alkanes of at least 4 members (excludes halogenated alkanes) is 1. The van der Waals surface area contributed by atoms with Crippen molar-refractivity contribution >= 4 is 12.0 Å². The first kappa shape index (κ1) is 13.7. The Hall–Kier alpha value is -1.26. The number of carbonyl (C=O) groups is 2. The maximum atomic E-state index is 11.5. The third-order valence-corrected chi connectivity index (χ3v) is 2.07. The molecule has 2 amide bonds. The van der Waals surface area contributed by atoms with Gasteiger partial charge in [-0.25, -0.2) is 4.79 Å². The van der Waals surface area contributed by atoms with Gasteiger partial charge in [-0.1, -0.05) is 13.3 Å². The van der Waals surface area contributed by atoms with Crippen molar-refractivity contribution in [3.8, 4) is 0 Å². The zero-order chi connectivity index (χ0) is 11.7. The predicted molar refractivity (Wildman–Crippen MR) is 57.8 cm³/mol. The highest BCUT2D eigenvalue weighted by molar-refractivity contribution is 5.75. The van der Waals surface area contributed by atoms with Gasteiger partial charge in [-0.3, -0.25) is 4.79 Å². The first-order valence-electron chi connectivity index (χ1n) is 5.36. The first-order chi connectivity index (χ1) is 7.11. The molecule has 0 saturated carbocycles. The van der Waals surface area contributed by atoms with Gasteiger partial charge in [0.1, 0.15) is 0 Å². The average molecular weight is 216 g/mol. The van der Waals surface area contributed by atoms with Gasteiger partial charge in [-0.15, -0.1) is 0 Å². The fraction of sp³-hybridized carbons (Fsp3) is 0.800. The van der Waals surface area contributed by atoms with Gasteiger partial charge in [-0.05, 0) is 13.3 Å². The summed E-state index contributed by atoms with van der Waals surface area (Å²) < 4.78 is 0. The second kappa shape index (κ2) is 8.08. The standard InChI is InChI=1S/C10H20N2O3/c1-3-5-8-12(4-2)10(15)11-7-6-9(13)14/h3-8H2,1-2H3,(H,11,15)(H,13,14). The molecule has 0 aromatic rings. The van der Waals surface area contributed by atoms with Crippen molar-refractivity contribution in [2.75, 3.05) is 19.6 Å². The fourth-order valence-electron chi connectivity index (χ4n) is 1.14. The van der Waals surface area contributed by atoms with E-state index in [1.807, 2.05) is 6.92 Å². The quantitative estimate of drug-likeness (QED) is 0.673. The van der Waals surface area contributed by atoms with Gasteiger partial charge in [0.15, 0.2) is 0 Å². The predicted octanol–water partition coefficient (Wildman–Crippen LogP) is 1.29. The molecule has 0 aliphatic carbocycles. The number of hydrogen-bond acceptors (Lipinski definition) is 2. The van der Waals surface area contributed by atoms with E-state index < -0.39 is 5.97 Å². The Kier molecular flexibility index (Phi) is 7.40. The molecule has 0 aromatic heterocycles. The Labute approximate surface area is 90.5 Å². The monoisotopic (exact) mass is 216 g/mol. The summed E-state index contributed by atoms with van der Waals surface area (Å²) in [6.07, 6.45) is 1.98. The van der Waals surface area contributed by atoms with Gasteiger partial charge < -0.3 is 15.3 Å². The molecule has 88 valence electrons. The van der Waals surface area contributed by atoms with Crippen molar-refractivity contribution in [3.63, 3.8) is 0 Å². The van der Waals surface area contributed by atoms with Crippen LogP contribution in [0.1, 0.15) is 33.1 Å². The van der Waals surface area contributed by atoms with Crippen molar-refractivity contribution in [1.82, 2.24) is 10.2 Å². The molecule has 0 unspecified atom stereocenters. The number of nitrogens with one attached hydrogen (secondary N) is 1. The summed E-state index contributed by atoms with van der Waals surface area (Å²) in [5.74, 6) is -0.896. The second-order valence-corrected chi connectivity index (χ2v) is 3.31. The molecule has 0 fully saturated rings. The number of carbonyl (C=O) groups excluding carboxylic acids is 1. The molecule has 5 heteroatoms. The lowest BCUT2D eigenvalue weighted by atomic mass is 10.3. The van der Waals surface area contributed by atoms with Crippen molar-refractivity contribution in [3.05, 3.63) is 0 Å². The van der Waals surface area contributed by atoms with E-state index >= 15 is 0 Å². The fourth-order valence-corrected chi connectivity index (χ4v) is 1.14.